The zero-order chi connectivity index (χ0) is 23.7. The summed E-state index contributed by atoms with van der Waals surface area (Å²) in [6.07, 6.45) is 3.18. The van der Waals surface area contributed by atoms with Crippen LogP contribution in [-0.2, 0) is 16.6 Å². The van der Waals surface area contributed by atoms with Gasteiger partial charge in [0, 0.05) is 18.7 Å². The van der Waals surface area contributed by atoms with Gasteiger partial charge in [-0.1, -0.05) is 18.2 Å². The van der Waals surface area contributed by atoms with Gasteiger partial charge >= 0.3 is 0 Å². The van der Waals surface area contributed by atoms with Gasteiger partial charge < -0.3 is 13.7 Å². The smallest absolute Gasteiger partial charge is 0.254 e. The van der Waals surface area contributed by atoms with Crippen molar-refractivity contribution >= 4 is 27.0 Å². The van der Waals surface area contributed by atoms with Crippen LogP contribution in [0.25, 0.3) is 11.1 Å². The molecule has 0 aliphatic carbocycles. The van der Waals surface area contributed by atoms with Gasteiger partial charge in [-0.2, -0.15) is 0 Å². The number of hydrogen-bond acceptors (Lipinski definition) is 6. The Morgan fingerprint density at radius 1 is 1.18 bits per heavy atom. The molecule has 5 rings (SSSR count). The highest BCUT2D eigenvalue weighted by molar-refractivity contribution is 7.89. The summed E-state index contributed by atoms with van der Waals surface area (Å²) < 4.78 is 39.3. The van der Waals surface area contributed by atoms with Crippen molar-refractivity contribution < 1.29 is 22.0 Å². The molecule has 1 aliphatic heterocycles. The molecule has 0 spiro atoms. The first-order valence-corrected chi connectivity index (χ1v) is 12.7. The molecule has 1 aliphatic rings. The number of aryl methyl sites for hydroxylation is 1. The molecule has 3 heterocycles. The first kappa shape index (κ1) is 22.4. The van der Waals surface area contributed by atoms with Crippen LogP contribution >= 0.6 is 0 Å². The zero-order valence-electron chi connectivity index (χ0n) is 18.7. The summed E-state index contributed by atoms with van der Waals surface area (Å²) in [7, 11) is -3.81. The second kappa shape index (κ2) is 9.08. The predicted molar refractivity (Wildman–Crippen MR) is 126 cm³/mol. The van der Waals surface area contributed by atoms with Crippen molar-refractivity contribution in [2.75, 3.05) is 13.1 Å². The number of carbonyl (C=O) groups is 1. The van der Waals surface area contributed by atoms with Crippen molar-refractivity contribution in [3.8, 4) is 0 Å². The number of furan rings is 1. The quantitative estimate of drug-likeness (QED) is 0.444. The van der Waals surface area contributed by atoms with Crippen molar-refractivity contribution in [1.82, 2.24) is 14.6 Å². The van der Waals surface area contributed by atoms with Crippen LogP contribution in [0.2, 0.25) is 0 Å². The molecular weight excluding hydrogens is 454 g/mol. The number of carbonyl (C=O) groups excluding carboxylic acids is 1. The van der Waals surface area contributed by atoms with E-state index in [0.717, 1.165) is 29.5 Å². The Balaban J connectivity index is 1.35. The maximum Gasteiger partial charge on any atom is 0.254 e. The normalized spacial score (nSPS) is 16.7. The minimum absolute atomic E-state index is 0.00714. The van der Waals surface area contributed by atoms with Crippen molar-refractivity contribution in [3.05, 3.63) is 83.6 Å². The van der Waals surface area contributed by atoms with Crippen LogP contribution in [0.3, 0.4) is 0 Å². The summed E-state index contributed by atoms with van der Waals surface area (Å²) >= 11 is 0. The van der Waals surface area contributed by atoms with Crippen molar-refractivity contribution in [2.24, 2.45) is 0 Å². The number of aromatic nitrogens is 1. The van der Waals surface area contributed by atoms with E-state index in [-0.39, 0.29) is 23.3 Å². The molecular formula is C25H25N3O5S. The van der Waals surface area contributed by atoms with Crippen LogP contribution in [0, 0.1) is 6.92 Å². The highest BCUT2D eigenvalue weighted by Crippen LogP contribution is 2.30. The third-order valence-corrected chi connectivity index (χ3v) is 7.53. The van der Waals surface area contributed by atoms with Gasteiger partial charge in [0.2, 0.25) is 10.0 Å². The number of rotatable bonds is 6. The largest absolute Gasteiger partial charge is 0.468 e. The van der Waals surface area contributed by atoms with Crippen molar-refractivity contribution in [2.45, 2.75) is 37.1 Å². The van der Waals surface area contributed by atoms with Gasteiger partial charge in [-0.15, -0.1) is 0 Å². The molecule has 1 saturated heterocycles. The average Bonchev–Trinajstić information content (AvgIpc) is 3.52. The van der Waals surface area contributed by atoms with E-state index in [9.17, 15) is 13.2 Å². The Bertz CT molecular complexity index is 1390. The van der Waals surface area contributed by atoms with Crippen molar-refractivity contribution in [1.29, 1.82) is 0 Å². The number of amides is 1. The molecule has 8 nitrogen and oxygen atoms in total. The number of benzene rings is 2. The number of sulfonamides is 1. The van der Waals surface area contributed by atoms with E-state index < -0.39 is 10.0 Å². The first-order chi connectivity index (χ1) is 16.4. The molecule has 9 heteroatoms. The number of nitrogens with one attached hydrogen (secondary N) is 1. The fraction of sp³-hybridized carbons (Fsp3) is 0.280. The number of likely N-dealkylation sites (tertiary alicyclic amines) is 1. The van der Waals surface area contributed by atoms with Gasteiger partial charge in [-0.05, 0) is 61.7 Å². The van der Waals surface area contributed by atoms with Crippen LogP contribution in [0.5, 0.6) is 0 Å². The minimum Gasteiger partial charge on any atom is -0.468 e. The van der Waals surface area contributed by atoms with Gasteiger partial charge in [0.05, 0.1) is 23.6 Å². The Kier molecular flexibility index (Phi) is 5.97. The van der Waals surface area contributed by atoms with Gasteiger partial charge in [0.1, 0.15) is 11.3 Å². The fourth-order valence-electron chi connectivity index (χ4n) is 4.26. The monoisotopic (exact) mass is 479 g/mol. The van der Waals surface area contributed by atoms with Gasteiger partial charge in [0.15, 0.2) is 11.5 Å². The highest BCUT2D eigenvalue weighted by atomic mass is 32.2. The molecule has 0 radical (unpaired) electrons. The lowest BCUT2D eigenvalue weighted by molar-refractivity contribution is 0.0698. The van der Waals surface area contributed by atoms with Crippen LogP contribution in [0.1, 0.15) is 46.3 Å². The Morgan fingerprint density at radius 2 is 2.03 bits per heavy atom. The van der Waals surface area contributed by atoms with Gasteiger partial charge in [-0.25, -0.2) is 18.1 Å². The first-order valence-electron chi connectivity index (χ1n) is 11.2. The van der Waals surface area contributed by atoms with E-state index >= 15 is 0 Å². The number of hydrogen-bond donors (Lipinski definition) is 1. The van der Waals surface area contributed by atoms with E-state index in [0.29, 0.717) is 30.3 Å². The summed E-state index contributed by atoms with van der Waals surface area (Å²) in [5, 5.41) is 0. The maximum atomic E-state index is 13.4. The topological polar surface area (TPSA) is 106 Å². The molecule has 0 bridgehead atoms. The summed E-state index contributed by atoms with van der Waals surface area (Å²) in [4.78, 5) is 19.9. The van der Waals surface area contributed by atoms with Crippen molar-refractivity contribution in [3.63, 3.8) is 0 Å². The Morgan fingerprint density at radius 3 is 2.82 bits per heavy atom. The molecule has 4 aromatic rings. The number of piperidine rings is 1. The number of oxazole rings is 1. The standard InChI is InChI=1S/C25H25N3O5S/c1-17-10-11-20(34(30,31)26-15-19-7-5-13-32-19)14-21(17)25(29)28-12-4-6-18(16-28)24-27-22-8-2-3-9-23(22)33-24/h2-3,5,7-11,13-14,18,26H,4,6,12,15-16H2,1H3. The average molecular weight is 480 g/mol. The Labute approximate surface area is 197 Å². The summed E-state index contributed by atoms with van der Waals surface area (Å²) in [6.45, 7) is 2.91. The molecule has 2 aromatic carbocycles. The van der Waals surface area contributed by atoms with Crippen LogP contribution in [0.15, 0.2) is 74.6 Å². The van der Waals surface area contributed by atoms with Crippen LogP contribution < -0.4 is 4.72 Å². The molecule has 1 N–H and O–H groups in total. The summed E-state index contributed by atoms with van der Waals surface area (Å²) in [5.74, 6) is 0.938. The summed E-state index contributed by atoms with van der Waals surface area (Å²) in [5.41, 5.74) is 2.63. The fourth-order valence-corrected chi connectivity index (χ4v) is 5.28. The minimum atomic E-state index is -3.81. The van der Waals surface area contributed by atoms with Crippen LogP contribution in [0.4, 0.5) is 0 Å². The maximum absolute atomic E-state index is 13.4. The van der Waals surface area contributed by atoms with Gasteiger partial charge in [-0.3, -0.25) is 4.79 Å². The van der Waals surface area contributed by atoms with E-state index in [2.05, 4.69) is 9.71 Å². The van der Waals surface area contributed by atoms with E-state index in [1.54, 1.807) is 23.1 Å². The number of para-hydroxylation sites is 2. The second-order valence-corrected chi connectivity index (χ2v) is 10.3. The van der Waals surface area contributed by atoms with E-state index in [4.69, 9.17) is 8.83 Å². The molecule has 1 amide bonds. The molecule has 34 heavy (non-hydrogen) atoms. The number of fused-ring (bicyclic) bond motifs is 1. The van der Waals surface area contributed by atoms with Crippen LogP contribution in [-0.4, -0.2) is 37.3 Å². The Hall–Kier alpha value is -3.43. The summed E-state index contributed by atoms with van der Waals surface area (Å²) in [6, 6.07) is 15.6. The van der Waals surface area contributed by atoms with E-state index in [1.807, 2.05) is 31.2 Å². The molecule has 0 saturated carbocycles. The van der Waals surface area contributed by atoms with Gasteiger partial charge in [0.25, 0.3) is 5.91 Å². The van der Waals surface area contributed by atoms with E-state index in [1.165, 1.54) is 18.4 Å². The highest BCUT2D eigenvalue weighted by Gasteiger charge is 2.30. The number of nitrogens with zero attached hydrogens (tertiary/aromatic N) is 2. The lowest BCUT2D eigenvalue weighted by Gasteiger charge is -2.31. The molecule has 1 unspecified atom stereocenters. The third-order valence-electron chi connectivity index (χ3n) is 6.13. The lowest BCUT2D eigenvalue weighted by atomic mass is 9.96. The molecule has 2 aromatic heterocycles. The molecule has 1 fully saturated rings. The predicted octanol–water partition coefficient (Wildman–Crippen LogP) is 4.23. The third kappa shape index (κ3) is 4.49. The second-order valence-electron chi connectivity index (χ2n) is 8.49. The molecule has 176 valence electrons. The zero-order valence-corrected chi connectivity index (χ0v) is 19.5. The molecule has 1 atom stereocenters. The lowest BCUT2D eigenvalue weighted by Crippen LogP contribution is -2.39. The SMILES string of the molecule is Cc1ccc(S(=O)(=O)NCc2ccco2)cc1C(=O)N1CCCC(c2nc3ccccc3o2)C1.